The molecule has 0 spiro atoms. The second-order valence-electron chi connectivity index (χ2n) is 7.10. The van der Waals surface area contributed by atoms with Crippen LogP contribution < -0.4 is 5.32 Å². The van der Waals surface area contributed by atoms with E-state index in [2.05, 4.69) is 25.0 Å². The predicted octanol–water partition coefficient (Wildman–Crippen LogP) is 4.72. The van der Waals surface area contributed by atoms with E-state index >= 15 is 0 Å². The molecule has 1 atom stereocenters. The molecule has 4 heteroatoms. The highest BCUT2D eigenvalue weighted by Gasteiger charge is 2.42. The van der Waals surface area contributed by atoms with Gasteiger partial charge in [0.2, 0.25) is 0 Å². The Labute approximate surface area is 140 Å². The molecule has 1 aliphatic rings. The highest BCUT2D eigenvalue weighted by molar-refractivity contribution is 7.76. The largest absolute Gasteiger partial charge is 0.322 e. The Morgan fingerprint density at radius 2 is 1.70 bits per heavy atom. The van der Waals surface area contributed by atoms with Gasteiger partial charge in [-0.2, -0.15) is 5.26 Å². The molecule has 1 amide bonds. The minimum Gasteiger partial charge on any atom is -0.322 e. The van der Waals surface area contributed by atoms with Crippen molar-refractivity contribution in [1.29, 1.82) is 5.26 Å². The van der Waals surface area contributed by atoms with Crippen molar-refractivity contribution in [3.63, 3.8) is 0 Å². The molecular formula is C19H28N2OP+. The smallest absolute Gasteiger partial charge is 0.264 e. The van der Waals surface area contributed by atoms with Crippen LogP contribution in [0.4, 0.5) is 5.69 Å². The van der Waals surface area contributed by atoms with E-state index in [9.17, 15) is 4.79 Å². The number of carbonyl (C=O) groups excluding carboxylic acids is 1. The Hall–Kier alpha value is -1.39. The van der Waals surface area contributed by atoms with E-state index in [1.165, 1.54) is 38.0 Å². The average molecular weight is 331 g/mol. The van der Waals surface area contributed by atoms with Gasteiger partial charge in [0.05, 0.1) is 24.0 Å². The lowest BCUT2D eigenvalue weighted by atomic mass is 10.0. The minimum absolute atomic E-state index is 0.107. The van der Waals surface area contributed by atoms with Crippen LogP contribution in [0.3, 0.4) is 0 Å². The van der Waals surface area contributed by atoms with Gasteiger partial charge in [-0.1, -0.05) is 0 Å². The number of aryl methyl sites for hydroxylation is 2. The maximum atomic E-state index is 12.8. The number of carbonyl (C=O) groups is 1. The number of benzene rings is 1. The van der Waals surface area contributed by atoms with Gasteiger partial charge in [0.25, 0.3) is 5.91 Å². The van der Waals surface area contributed by atoms with Crippen LogP contribution in [0.5, 0.6) is 0 Å². The molecule has 1 aliphatic heterocycles. The Morgan fingerprint density at radius 3 is 2.17 bits per heavy atom. The maximum absolute atomic E-state index is 12.8. The average Bonchev–Trinajstić information content (AvgIpc) is 2.75. The number of nitrogens with one attached hydrogen (secondary N) is 1. The number of anilines is 1. The Morgan fingerprint density at radius 1 is 1.17 bits per heavy atom. The molecule has 3 nitrogen and oxygen atoms in total. The van der Waals surface area contributed by atoms with Crippen LogP contribution in [0.25, 0.3) is 0 Å². The number of nitrogens with zero attached hydrogens (tertiary/aromatic N) is 1. The summed E-state index contributed by atoms with van der Waals surface area (Å²) >= 11 is 0. The first-order valence-corrected chi connectivity index (χ1v) is 11.2. The van der Waals surface area contributed by atoms with Crippen molar-refractivity contribution in [3.8, 4) is 6.07 Å². The summed E-state index contributed by atoms with van der Waals surface area (Å²) in [7, 11) is -1.20. The van der Waals surface area contributed by atoms with Gasteiger partial charge in [-0.25, -0.2) is 0 Å². The second-order valence-corrected chi connectivity index (χ2v) is 11.7. The number of nitriles is 1. The van der Waals surface area contributed by atoms with Gasteiger partial charge in [-0.15, -0.1) is 0 Å². The number of rotatable bonds is 3. The summed E-state index contributed by atoms with van der Waals surface area (Å²) in [6.07, 6.45) is 7.67. The first-order chi connectivity index (χ1) is 10.9. The molecule has 0 bridgehead atoms. The van der Waals surface area contributed by atoms with Gasteiger partial charge in [0.15, 0.2) is 0 Å². The highest BCUT2D eigenvalue weighted by Crippen LogP contribution is 2.62. The van der Waals surface area contributed by atoms with Crippen molar-refractivity contribution in [1.82, 2.24) is 0 Å². The molecule has 0 radical (unpaired) electrons. The summed E-state index contributed by atoms with van der Waals surface area (Å²) in [5, 5.41) is 12.2. The standard InChI is InChI=1S/C19H27N2OP/c1-14-11-17(13-20)12-15(2)18(14)21-19(22)16(3)23(4)9-7-5-6-8-10-23/h11-12,16H,5-10H2,1-4H3/p+1. The van der Waals surface area contributed by atoms with Crippen LogP contribution in [0, 0.1) is 25.2 Å². The van der Waals surface area contributed by atoms with Gasteiger partial charge < -0.3 is 5.32 Å². The molecule has 2 rings (SSSR count). The molecule has 1 N–H and O–H groups in total. The van der Waals surface area contributed by atoms with Gasteiger partial charge in [-0.05, 0) is 69.7 Å². The van der Waals surface area contributed by atoms with Crippen LogP contribution in [-0.4, -0.2) is 30.6 Å². The van der Waals surface area contributed by atoms with E-state index in [-0.39, 0.29) is 11.6 Å². The van der Waals surface area contributed by atoms with Crippen molar-refractivity contribution >= 4 is 18.9 Å². The SMILES string of the molecule is Cc1cc(C#N)cc(C)c1NC(=O)C(C)[P+]1(C)CCCCCC1. The van der Waals surface area contributed by atoms with Crippen LogP contribution in [0.15, 0.2) is 12.1 Å². The zero-order chi connectivity index (χ0) is 17.0. The fourth-order valence-corrected chi connectivity index (χ4v) is 7.06. The van der Waals surface area contributed by atoms with E-state index in [1.54, 1.807) is 0 Å². The third-order valence-electron chi connectivity index (χ3n) is 5.31. The van der Waals surface area contributed by atoms with Gasteiger partial charge in [0.1, 0.15) is 5.66 Å². The molecule has 1 aromatic carbocycles. The van der Waals surface area contributed by atoms with Crippen LogP contribution >= 0.6 is 7.26 Å². The maximum Gasteiger partial charge on any atom is 0.264 e. The van der Waals surface area contributed by atoms with Crippen molar-refractivity contribution in [2.24, 2.45) is 0 Å². The molecule has 0 aromatic heterocycles. The quantitative estimate of drug-likeness (QED) is 0.815. The molecule has 1 aromatic rings. The lowest BCUT2D eigenvalue weighted by Crippen LogP contribution is -2.30. The summed E-state index contributed by atoms with van der Waals surface area (Å²) in [6.45, 7) is 8.40. The van der Waals surface area contributed by atoms with Gasteiger partial charge in [-0.3, -0.25) is 4.79 Å². The van der Waals surface area contributed by atoms with Crippen molar-refractivity contribution in [3.05, 3.63) is 28.8 Å². The molecule has 1 saturated heterocycles. The highest BCUT2D eigenvalue weighted by atomic mass is 31.2. The molecular weight excluding hydrogens is 303 g/mol. The fraction of sp³-hybridized carbons (Fsp3) is 0.579. The molecule has 1 heterocycles. The Balaban J connectivity index is 2.17. The second kappa shape index (κ2) is 7.45. The summed E-state index contributed by atoms with van der Waals surface area (Å²) in [6, 6.07) is 5.86. The normalized spacial score (nSPS) is 18.6. The Kier molecular flexibility index (Phi) is 5.82. The minimum atomic E-state index is -1.20. The third kappa shape index (κ3) is 4.12. The summed E-state index contributed by atoms with van der Waals surface area (Å²) < 4.78 is 0. The van der Waals surface area contributed by atoms with E-state index in [0.29, 0.717) is 5.56 Å². The van der Waals surface area contributed by atoms with Crippen molar-refractivity contribution in [2.45, 2.75) is 52.1 Å². The third-order valence-corrected chi connectivity index (χ3v) is 10.1. The van der Waals surface area contributed by atoms with Gasteiger partial charge in [0, 0.05) is 19.6 Å². The van der Waals surface area contributed by atoms with Crippen LogP contribution in [0.1, 0.15) is 49.3 Å². The van der Waals surface area contributed by atoms with E-state index in [4.69, 9.17) is 5.26 Å². The lowest BCUT2D eigenvalue weighted by Gasteiger charge is -2.27. The number of amides is 1. The molecule has 0 aliphatic carbocycles. The first-order valence-electron chi connectivity index (χ1n) is 8.54. The molecule has 124 valence electrons. The molecule has 1 fully saturated rings. The fourth-order valence-electron chi connectivity index (χ4n) is 3.53. The summed E-state index contributed by atoms with van der Waals surface area (Å²) in [4.78, 5) is 12.8. The van der Waals surface area contributed by atoms with E-state index in [1.807, 2.05) is 26.0 Å². The van der Waals surface area contributed by atoms with Crippen molar-refractivity contribution < 1.29 is 4.79 Å². The number of hydrogen-bond acceptors (Lipinski definition) is 2. The van der Waals surface area contributed by atoms with Crippen LogP contribution in [0.2, 0.25) is 0 Å². The topological polar surface area (TPSA) is 52.9 Å². The zero-order valence-electron chi connectivity index (χ0n) is 14.8. The molecule has 1 unspecified atom stereocenters. The zero-order valence-corrected chi connectivity index (χ0v) is 15.7. The van der Waals surface area contributed by atoms with Crippen molar-refractivity contribution in [2.75, 3.05) is 24.3 Å². The molecule has 0 saturated carbocycles. The summed E-state index contributed by atoms with van der Waals surface area (Å²) in [5.74, 6) is 0.152. The first kappa shape index (κ1) is 18.0. The van der Waals surface area contributed by atoms with Crippen LogP contribution in [-0.2, 0) is 4.79 Å². The Bertz CT molecular complexity index is 602. The lowest BCUT2D eigenvalue weighted by molar-refractivity contribution is -0.115. The van der Waals surface area contributed by atoms with Gasteiger partial charge >= 0.3 is 0 Å². The summed E-state index contributed by atoms with van der Waals surface area (Å²) in [5.41, 5.74) is 3.56. The molecule has 23 heavy (non-hydrogen) atoms. The number of hydrogen-bond donors (Lipinski definition) is 1. The monoisotopic (exact) mass is 331 g/mol. The predicted molar refractivity (Wildman–Crippen MR) is 99.8 cm³/mol. The van der Waals surface area contributed by atoms with E-state index < -0.39 is 7.26 Å². The van der Waals surface area contributed by atoms with E-state index in [0.717, 1.165) is 16.8 Å².